The van der Waals surface area contributed by atoms with E-state index in [-0.39, 0.29) is 0 Å². The Morgan fingerprint density at radius 3 is 2.67 bits per heavy atom. The Balaban J connectivity index is 1.77. The molecule has 0 bridgehead atoms. The lowest BCUT2D eigenvalue weighted by atomic mass is 9.92. The molecule has 2 aromatic carbocycles. The van der Waals surface area contributed by atoms with Gasteiger partial charge in [-0.2, -0.15) is 0 Å². The number of aromatic hydroxyl groups is 1. The van der Waals surface area contributed by atoms with Gasteiger partial charge in [-0.1, -0.05) is 40.2 Å². The van der Waals surface area contributed by atoms with Crippen LogP contribution >= 0.6 is 15.9 Å². The highest BCUT2D eigenvalue weighted by Gasteiger charge is 2.22. The van der Waals surface area contributed by atoms with Crippen molar-refractivity contribution >= 4 is 15.9 Å². The van der Waals surface area contributed by atoms with Crippen molar-refractivity contribution < 1.29 is 5.11 Å². The molecule has 1 atom stereocenters. The van der Waals surface area contributed by atoms with Gasteiger partial charge < -0.3 is 10.4 Å². The highest BCUT2D eigenvalue weighted by Crippen LogP contribution is 2.26. The van der Waals surface area contributed by atoms with Gasteiger partial charge in [-0.3, -0.25) is 0 Å². The van der Waals surface area contributed by atoms with Gasteiger partial charge in [0.05, 0.1) is 0 Å². The second kappa shape index (κ2) is 6.63. The zero-order valence-electron chi connectivity index (χ0n) is 11.9. The first-order valence-electron chi connectivity index (χ1n) is 7.47. The van der Waals surface area contributed by atoms with Crippen LogP contribution in [0, 0.1) is 0 Å². The molecule has 0 saturated heterocycles. The molecule has 0 aromatic heterocycles. The van der Waals surface area contributed by atoms with E-state index in [2.05, 4.69) is 51.6 Å². The number of halogens is 1. The highest BCUT2D eigenvalue weighted by molar-refractivity contribution is 9.10. The third-order valence-electron chi connectivity index (χ3n) is 3.94. The fourth-order valence-electron chi connectivity index (χ4n) is 2.63. The van der Waals surface area contributed by atoms with Crippen LogP contribution in [-0.4, -0.2) is 17.7 Å². The van der Waals surface area contributed by atoms with E-state index in [1.165, 1.54) is 24.0 Å². The molecule has 0 radical (unpaired) electrons. The van der Waals surface area contributed by atoms with Crippen LogP contribution in [0.1, 0.15) is 29.9 Å². The van der Waals surface area contributed by atoms with Gasteiger partial charge in [-0.05, 0) is 54.7 Å². The minimum absolute atomic E-state index is 0.343. The fraction of sp³-hybridized carbons (Fsp3) is 0.333. The summed E-state index contributed by atoms with van der Waals surface area (Å²) in [5.41, 5.74) is 2.51. The smallest absolute Gasteiger partial charge is 0.115 e. The largest absolute Gasteiger partial charge is 0.508 e. The first-order chi connectivity index (χ1) is 10.2. The maximum absolute atomic E-state index is 9.65. The molecule has 1 saturated carbocycles. The van der Waals surface area contributed by atoms with Crippen LogP contribution in [0.5, 0.6) is 5.75 Å². The molecule has 2 nitrogen and oxygen atoms in total. The quantitative estimate of drug-likeness (QED) is 0.820. The minimum Gasteiger partial charge on any atom is -0.508 e. The normalized spacial score (nSPS) is 15.9. The van der Waals surface area contributed by atoms with Crippen molar-refractivity contribution in [3.8, 4) is 5.75 Å². The Labute approximate surface area is 134 Å². The maximum atomic E-state index is 9.65. The van der Waals surface area contributed by atoms with Crippen LogP contribution in [-0.2, 0) is 6.42 Å². The number of hydrogen-bond acceptors (Lipinski definition) is 2. The molecule has 1 unspecified atom stereocenters. The van der Waals surface area contributed by atoms with E-state index >= 15 is 0 Å². The number of nitrogens with one attached hydrogen (secondary N) is 1. The summed E-state index contributed by atoms with van der Waals surface area (Å²) in [5, 5.41) is 13.3. The van der Waals surface area contributed by atoms with Gasteiger partial charge in [0.15, 0.2) is 0 Å². The summed E-state index contributed by atoms with van der Waals surface area (Å²) in [6.45, 7) is 0.983. The zero-order chi connectivity index (χ0) is 14.7. The van der Waals surface area contributed by atoms with Crippen LogP contribution in [0.4, 0.5) is 0 Å². The molecule has 1 aliphatic carbocycles. The van der Waals surface area contributed by atoms with E-state index in [4.69, 9.17) is 0 Å². The molecule has 2 aromatic rings. The zero-order valence-corrected chi connectivity index (χ0v) is 13.5. The molecule has 3 rings (SSSR count). The van der Waals surface area contributed by atoms with Crippen molar-refractivity contribution in [2.24, 2.45) is 0 Å². The summed E-state index contributed by atoms with van der Waals surface area (Å²) in [6.07, 6.45) is 3.54. The van der Waals surface area contributed by atoms with Crippen molar-refractivity contribution in [2.75, 3.05) is 6.54 Å². The number of phenolic OH excluding ortho intramolecular Hbond substituents is 1. The highest BCUT2D eigenvalue weighted by atomic mass is 79.9. The van der Waals surface area contributed by atoms with E-state index in [0.717, 1.165) is 17.4 Å². The van der Waals surface area contributed by atoms with E-state index in [1.807, 2.05) is 12.1 Å². The Morgan fingerprint density at radius 1 is 1.14 bits per heavy atom. The molecule has 0 spiro atoms. The summed E-state index contributed by atoms with van der Waals surface area (Å²) in [6, 6.07) is 16.8. The van der Waals surface area contributed by atoms with Gasteiger partial charge >= 0.3 is 0 Å². The SMILES string of the molecule is Oc1cccc(CC(CNC2CC2)c2cccc(Br)c2)c1. The van der Waals surface area contributed by atoms with Crippen LogP contribution < -0.4 is 5.32 Å². The van der Waals surface area contributed by atoms with Gasteiger partial charge in [0.2, 0.25) is 0 Å². The van der Waals surface area contributed by atoms with Gasteiger partial charge in [0.25, 0.3) is 0 Å². The second-order valence-corrected chi connectivity index (χ2v) is 6.72. The molecule has 0 heterocycles. The van der Waals surface area contributed by atoms with Crippen LogP contribution in [0.3, 0.4) is 0 Å². The van der Waals surface area contributed by atoms with E-state index < -0.39 is 0 Å². The standard InChI is InChI=1S/C18H20BrNO/c19-16-5-2-4-14(11-16)15(12-20-17-7-8-17)9-13-3-1-6-18(21)10-13/h1-6,10-11,15,17,20-21H,7-9,12H2. The molecular formula is C18H20BrNO. The summed E-state index contributed by atoms with van der Waals surface area (Å²) in [5.74, 6) is 0.764. The minimum atomic E-state index is 0.343. The molecule has 0 aliphatic heterocycles. The number of hydrogen-bond donors (Lipinski definition) is 2. The Hall–Kier alpha value is -1.32. The van der Waals surface area contributed by atoms with Crippen LogP contribution in [0.15, 0.2) is 53.0 Å². The van der Waals surface area contributed by atoms with E-state index in [1.54, 1.807) is 6.07 Å². The lowest BCUT2D eigenvalue weighted by Crippen LogP contribution is -2.24. The molecule has 2 N–H and O–H groups in total. The van der Waals surface area contributed by atoms with Gasteiger partial charge in [-0.15, -0.1) is 0 Å². The number of rotatable bonds is 6. The van der Waals surface area contributed by atoms with Crippen LogP contribution in [0.25, 0.3) is 0 Å². The number of benzene rings is 2. The molecule has 0 amide bonds. The number of phenols is 1. The third kappa shape index (κ3) is 4.32. The molecule has 110 valence electrons. The van der Waals surface area contributed by atoms with Gasteiger partial charge in [0.1, 0.15) is 5.75 Å². The second-order valence-electron chi connectivity index (χ2n) is 5.81. The lowest BCUT2D eigenvalue weighted by Gasteiger charge is -2.19. The first kappa shape index (κ1) is 14.6. The van der Waals surface area contributed by atoms with Crippen molar-refractivity contribution in [1.82, 2.24) is 5.32 Å². The Morgan fingerprint density at radius 2 is 1.95 bits per heavy atom. The Bertz CT molecular complexity index is 610. The Kier molecular flexibility index (Phi) is 4.61. The lowest BCUT2D eigenvalue weighted by molar-refractivity contribution is 0.474. The molecule has 1 aliphatic rings. The first-order valence-corrected chi connectivity index (χ1v) is 8.27. The third-order valence-corrected chi connectivity index (χ3v) is 4.44. The summed E-state index contributed by atoms with van der Waals surface area (Å²) in [4.78, 5) is 0. The topological polar surface area (TPSA) is 32.3 Å². The predicted octanol–water partition coefficient (Wildman–Crippen LogP) is 4.23. The van der Waals surface area contributed by atoms with Crippen molar-refractivity contribution in [3.05, 3.63) is 64.1 Å². The molecule has 21 heavy (non-hydrogen) atoms. The van der Waals surface area contributed by atoms with Crippen LogP contribution in [0.2, 0.25) is 0 Å². The monoisotopic (exact) mass is 345 g/mol. The molecule has 1 fully saturated rings. The average Bonchev–Trinajstić information content (AvgIpc) is 3.27. The molecular weight excluding hydrogens is 326 g/mol. The van der Waals surface area contributed by atoms with E-state index in [0.29, 0.717) is 17.7 Å². The van der Waals surface area contributed by atoms with Crippen molar-refractivity contribution in [2.45, 2.75) is 31.2 Å². The predicted molar refractivity (Wildman–Crippen MR) is 89.7 cm³/mol. The summed E-state index contributed by atoms with van der Waals surface area (Å²) >= 11 is 3.56. The maximum Gasteiger partial charge on any atom is 0.115 e. The van der Waals surface area contributed by atoms with E-state index in [9.17, 15) is 5.11 Å². The van der Waals surface area contributed by atoms with Crippen molar-refractivity contribution in [3.63, 3.8) is 0 Å². The molecule has 3 heteroatoms. The summed E-state index contributed by atoms with van der Waals surface area (Å²) < 4.78 is 1.12. The van der Waals surface area contributed by atoms with Crippen molar-refractivity contribution in [1.29, 1.82) is 0 Å². The van der Waals surface area contributed by atoms with Gasteiger partial charge in [-0.25, -0.2) is 0 Å². The average molecular weight is 346 g/mol. The van der Waals surface area contributed by atoms with Gasteiger partial charge in [0, 0.05) is 23.0 Å². The fourth-order valence-corrected chi connectivity index (χ4v) is 3.05. The summed E-state index contributed by atoms with van der Waals surface area (Å²) in [7, 11) is 0.